The Labute approximate surface area is 211 Å². The number of hydrogen-bond acceptors (Lipinski definition) is 6. The molecule has 3 heterocycles. The highest BCUT2D eigenvalue weighted by molar-refractivity contribution is 6.02. The molecule has 0 saturated carbocycles. The zero-order valence-electron chi connectivity index (χ0n) is 21.5. The van der Waals surface area contributed by atoms with Crippen LogP contribution in [0.1, 0.15) is 55.7 Å². The van der Waals surface area contributed by atoms with E-state index in [4.69, 9.17) is 14.5 Å². The summed E-state index contributed by atoms with van der Waals surface area (Å²) in [6.07, 6.45) is 1.45. The number of para-hydroxylation sites is 1. The molecule has 3 aromatic rings. The minimum Gasteiger partial charge on any atom is -0.493 e. The molecule has 2 bridgehead atoms. The van der Waals surface area contributed by atoms with Crippen LogP contribution in [-0.2, 0) is 23.1 Å². The SMILES string of the molecule is CC.COc1ccc2c3c1OC1c4nc5ccccc5c(NC(C)=O)c4CC4(O)[C@@H](C2)N(C)CC[C@]314. The second-order valence-electron chi connectivity index (χ2n) is 10.2. The van der Waals surface area contributed by atoms with Gasteiger partial charge >= 0.3 is 0 Å². The molecule has 2 aliphatic heterocycles. The Morgan fingerprint density at radius 1 is 1.25 bits per heavy atom. The van der Waals surface area contributed by atoms with Crippen LogP contribution in [0, 0.1) is 0 Å². The zero-order valence-corrected chi connectivity index (χ0v) is 21.5. The fourth-order valence-electron chi connectivity index (χ4n) is 7.33. The first kappa shape index (κ1) is 23.3. The molecule has 2 N–H and O–H groups in total. The maximum atomic E-state index is 12.7. The van der Waals surface area contributed by atoms with E-state index in [-0.39, 0.29) is 11.9 Å². The highest BCUT2D eigenvalue weighted by Gasteiger charge is 2.72. The van der Waals surface area contributed by atoms with Gasteiger partial charge in [0.1, 0.15) is 0 Å². The third kappa shape index (κ3) is 2.70. The topological polar surface area (TPSA) is 83.9 Å². The number of anilines is 1. The summed E-state index contributed by atoms with van der Waals surface area (Å²) in [5.74, 6) is 1.27. The molecule has 1 fully saturated rings. The summed E-state index contributed by atoms with van der Waals surface area (Å²) in [5.41, 5.74) is 3.83. The van der Waals surface area contributed by atoms with Gasteiger partial charge in [0.15, 0.2) is 17.6 Å². The van der Waals surface area contributed by atoms with Crippen LogP contribution >= 0.6 is 0 Å². The number of rotatable bonds is 2. The van der Waals surface area contributed by atoms with Crippen LogP contribution in [-0.4, -0.2) is 53.2 Å². The Morgan fingerprint density at radius 2 is 2.03 bits per heavy atom. The van der Waals surface area contributed by atoms with Crippen molar-refractivity contribution in [1.82, 2.24) is 9.88 Å². The standard InChI is InChI=1S/C27H27N3O4.C2H6/c1-14(31)28-22-16-6-4-5-7-18(16)29-23-17(22)13-27(32)20-12-15-8-9-19(33-3)24-21(15)26(27,25(23)34-24)10-11-30(20)2;1-2/h4-9,20,25,32H,10-13H2,1-3H3,(H,28,29,31);1-2H3/t20-,25?,26+,27?;/m1./s1. The molecule has 36 heavy (non-hydrogen) atoms. The summed E-state index contributed by atoms with van der Waals surface area (Å²) in [6.45, 7) is 6.38. The normalized spacial score (nSPS) is 28.8. The van der Waals surface area contributed by atoms with Crippen molar-refractivity contribution in [3.05, 3.63) is 58.8 Å². The average Bonchev–Trinajstić information content (AvgIpc) is 3.23. The monoisotopic (exact) mass is 487 g/mol. The molecule has 4 atom stereocenters. The smallest absolute Gasteiger partial charge is 0.221 e. The minimum absolute atomic E-state index is 0.0657. The van der Waals surface area contributed by atoms with Gasteiger partial charge in [0, 0.05) is 35.9 Å². The van der Waals surface area contributed by atoms with E-state index in [0.717, 1.165) is 58.5 Å². The lowest BCUT2D eigenvalue weighted by Gasteiger charge is -2.62. The van der Waals surface area contributed by atoms with Gasteiger partial charge in [-0.2, -0.15) is 0 Å². The van der Waals surface area contributed by atoms with Crippen LogP contribution < -0.4 is 14.8 Å². The highest BCUT2D eigenvalue weighted by atomic mass is 16.5. The van der Waals surface area contributed by atoms with Gasteiger partial charge in [-0.15, -0.1) is 0 Å². The molecular formula is C29H33N3O4. The highest BCUT2D eigenvalue weighted by Crippen LogP contribution is 2.69. The Bertz CT molecular complexity index is 1410. The summed E-state index contributed by atoms with van der Waals surface area (Å²) in [7, 11) is 3.75. The van der Waals surface area contributed by atoms with Crippen molar-refractivity contribution in [3.63, 3.8) is 0 Å². The van der Waals surface area contributed by atoms with E-state index in [1.54, 1.807) is 7.11 Å². The number of piperidine rings is 1. The van der Waals surface area contributed by atoms with Gasteiger partial charge in [0.05, 0.1) is 35.0 Å². The van der Waals surface area contributed by atoms with E-state index in [1.165, 1.54) is 12.5 Å². The Kier molecular flexibility index (Phi) is 5.11. The van der Waals surface area contributed by atoms with Gasteiger partial charge in [0.2, 0.25) is 5.91 Å². The fraction of sp³-hybridized carbons (Fsp3) is 0.448. The van der Waals surface area contributed by atoms with Crippen LogP contribution in [0.15, 0.2) is 36.4 Å². The van der Waals surface area contributed by atoms with Crippen LogP contribution in [0.3, 0.4) is 0 Å². The number of ether oxygens (including phenoxy) is 2. The third-order valence-corrected chi connectivity index (χ3v) is 8.71. The molecule has 1 amide bonds. The predicted molar refractivity (Wildman–Crippen MR) is 139 cm³/mol. The molecule has 2 unspecified atom stereocenters. The Balaban J connectivity index is 0.00000117. The van der Waals surface area contributed by atoms with Gasteiger partial charge in [-0.3, -0.25) is 4.79 Å². The number of likely N-dealkylation sites (N-methyl/N-ethyl adjacent to an activating group) is 1. The number of pyridine rings is 1. The third-order valence-electron chi connectivity index (χ3n) is 8.71. The molecule has 1 spiro atoms. The molecule has 1 aromatic heterocycles. The Hall–Kier alpha value is -3.16. The fourth-order valence-corrected chi connectivity index (χ4v) is 7.33. The molecular weight excluding hydrogens is 454 g/mol. The van der Waals surface area contributed by atoms with Crippen molar-refractivity contribution in [3.8, 4) is 11.5 Å². The molecule has 188 valence electrons. The number of hydrogen-bond donors (Lipinski definition) is 2. The van der Waals surface area contributed by atoms with Crippen molar-refractivity contribution in [2.45, 2.75) is 63.2 Å². The van der Waals surface area contributed by atoms with Crippen molar-refractivity contribution in [2.24, 2.45) is 0 Å². The first-order valence-corrected chi connectivity index (χ1v) is 12.9. The first-order chi connectivity index (χ1) is 17.4. The second kappa shape index (κ2) is 7.92. The van der Waals surface area contributed by atoms with Crippen LogP contribution in [0.25, 0.3) is 10.9 Å². The predicted octanol–water partition coefficient (Wildman–Crippen LogP) is 4.15. The molecule has 1 saturated heterocycles. The maximum absolute atomic E-state index is 12.7. The number of carbonyl (C=O) groups is 1. The van der Waals surface area contributed by atoms with Crippen molar-refractivity contribution >= 4 is 22.5 Å². The molecule has 7 nitrogen and oxygen atoms in total. The van der Waals surface area contributed by atoms with Crippen molar-refractivity contribution < 1.29 is 19.4 Å². The van der Waals surface area contributed by atoms with E-state index < -0.39 is 17.1 Å². The number of nitrogens with zero attached hydrogens (tertiary/aromatic N) is 2. The number of benzene rings is 2. The van der Waals surface area contributed by atoms with Crippen LogP contribution in [0.4, 0.5) is 5.69 Å². The number of carbonyl (C=O) groups excluding carboxylic acids is 1. The average molecular weight is 488 g/mol. The summed E-state index contributed by atoms with van der Waals surface area (Å²) >= 11 is 0. The van der Waals surface area contributed by atoms with Crippen LogP contribution in [0.2, 0.25) is 0 Å². The van der Waals surface area contributed by atoms with Gasteiger partial charge in [-0.05, 0) is 44.1 Å². The van der Waals surface area contributed by atoms with Gasteiger partial charge in [-0.25, -0.2) is 4.98 Å². The Morgan fingerprint density at radius 3 is 2.78 bits per heavy atom. The zero-order chi connectivity index (χ0) is 25.4. The molecule has 7 heteroatoms. The number of aliphatic hydroxyl groups is 1. The number of nitrogens with one attached hydrogen (secondary N) is 1. The first-order valence-electron chi connectivity index (χ1n) is 12.9. The van der Waals surface area contributed by atoms with E-state index in [9.17, 15) is 9.90 Å². The van der Waals surface area contributed by atoms with Crippen molar-refractivity contribution in [2.75, 3.05) is 26.0 Å². The van der Waals surface area contributed by atoms with E-state index in [0.29, 0.717) is 12.2 Å². The number of aromatic nitrogens is 1. The lowest BCUT2D eigenvalue weighted by atomic mass is 9.49. The molecule has 2 aromatic carbocycles. The van der Waals surface area contributed by atoms with E-state index in [2.05, 4.69) is 23.3 Å². The van der Waals surface area contributed by atoms with Crippen molar-refractivity contribution in [1.29, 1.82) is 0 Å². The molecule has 0 radical (unpaired) electrons. The van der Waals surface area contributed by atoms with Gasteiger partial charge < -0.3 is 24.8 Å². The summed E-state index contributed by atoms with van der Waals surface area (Å²) < 4.78 is 12.5. The van der Waals surface area contributed by atoms with E-state index in [1.807, 2.05) is 44.2 Å². The summed E-state index contributed by atoms with van der Waals surface area (Å²) in [6, 6.07) is 11.9. The summed E-state index contributed by atoms with van der Waals surface area (Å²) in [4.78, 5) is 19.7. The minimum atomic E-state index is -1.07. The number of likely N-dealkylation sites (tertiary alicyclic amines) is 1. The lowest BCUT2D eigenvalue weighted by Crippen LogP contribution is -2.74. The van der Waals surface area contributed by atoms with Gasteiger partial charge in [-0.1, -0.05) is 38.1 Å². The van der Waals surface area contributed by atoms with Crippen LogP contribution in [0.5, 0.6) is 11.5 Å². The second-order valence-corrected chi connectivity index (χ2v) is 10.2. The molecule has 7 rings (SSSR count). The lowest BCUT2D eigenvalue weighted by molar-refractivity contribution is -0.167. The largest absolute Gasteiger partial charge is 0.493 e. The molecule has 2 aliphatic carbocycles. The summed E-state index contributed by atoms with van der Waals surface area (Å²) in [5, 5.41) is 16.7. The molecule has 4 aliphatic rings. The van der Waals surface area contributed by atoms with E-state index >= 15 is 0 Å². The number of fused-ring (bicyclic) bond motifs is 3. The number of amides is 1. The number of methoxy groups -OCH3 is 1. The van der Waals surface area contributed by atoms with Gasteiger partial charge in [0.25, 0.3) is 0 Å². The maximum Gasteiger partial charge on any atom is 0.221 e. The quantitative estimate of drug-likeness (QED) is 0.565.